The first-order valence-electron chi connectivity index (χ1n) is 9.36. The highest BCUT2D eigenvalue weighted by molar-refractivity contribution is 14.1. The Morgan fingerprint density at radius 2 is 2.09 bits per heavy atom. The summed E-state index contributed by atoms with van der Waals surface area (Å²) in [5.74, 6) is 0.730. The van der Waals surface area contributed by atoms with E-state index in [2.05, 4.69) is 20.7 Å². The molecule has 2 aromatic carbocycles. The van der Waals surface area contributed by atoms with Crippen LogP contribution in [0, 0.1) is 3.57 Å². The SMILES string of the molecule is CCOc1cc(/C=N\NC(=O)CSc2nnc(COc3ccc(Cl)cc3Cl)o2)cc(I)c1O. The largest absolute Gasteiger partial charge is 0.504 e. The molecule has 1 aromatic heterocycles. The highest BCUT2D eigenvalue weighted by atomic mass is 127. The molecule has 1 amide bonds. The molecule has 2 N–H and O–H groups in total. The van der Waals surface area contributed by atoms with Crippen LogP contribution in [0.15, 0.2) is 45.1 Å². The first kappa shape index (κ1) is 25.4. The lowest BCUT2D eigenvalue weighted by molar-refractivity contribution is -0.118. The van der Waals surface area contributed by atoms with Gasteiger partial charge < -0.3 is 19.0 Å². The maximum atomic E-state index is 12.0. The number of hydrogen-bond donors (Lipinski definition) is 2. The van der Waals surface area contributed by atoms with E-state index >= 15 is 0 Å². The van der Waals surface area contributed by atoms with E-state index in [1.807, 2.05) is 29.5 Å². The summed E-state index contributed by atoms with van der Waals surface area (Å²) >= 11 is 14.9. The minimum absolute atomic E-state index is 0.0140. The molecule has 0 unspecified atom stereocenters. The number of nitrogens with zero attached hydrogens (tertiary/aromatic N) is 3. The molecule has 13 heteroatoms. The van der Waals surface area contributed by atoms with E-state index < -0.39 is 0 Å². The van der Waals surface area contributed by atoms with E-state index in [1.165, 1.54) is 6.21 Å². The number of halogens is 3. The van der Waals surface area contributed by atoms with Gasteiger partial charge in [-0.25, -0.2) is 5.43 Å². The van der Waals surface area contributed by atoms with Gasteiger partial charge in [0.25, 0.3) is 17.0 Å². The van der Waals surface area contributed by atoms with Crippen molar-refractivity contribution in [2.75, 3.05) is 12.4 Å². The van der Waals surface area contributed by atoms with Crippen molar-refractivity contribution in [1.29, 1.82) is 0 Å². The molecule has 0 aliphatic heterocycles. The lowest BCUT2D eigenvalue weighted by Gasteiger charge is -2.08. The van der Waals surface area contributed by atoms with Crippen molar-refractivity contribution in [2.45, 2.75) is 18.8 Å². The third-order valence-electron chi connectivity index (χ3n) is 3.77. The summed E-state index contributed by atoms with van der Waals surface area (Å²) in [5, 5.41) is 22.7. The van der Waals surface area contributed by atoms with Crippen molar-refractivity contribution in [2.24, 2.45) is 5.10 Å². The third kappa shape index (κ3) is 7.66. The van der Waals surface area contributed by atoms with Crippen LogP contribution < -0.4 is 14.9 Å². The fraction of sp³-hybridized carbons (Fsp3) is 0.200. The van der Waals surface area contributed by atoms with E-state index in [1.54, 1.807) is 30.3 Å². The number of rotatable bonds is 10. The molecule has 0 aliphatic rings. The molecule has 33 heavy (non-hydrogen) atoms. The fourth-order valence-corrected chi connectivity index (χ4v) is 4.02. The molecule has 0 radical (unpaired) electrons. The van der Waals surface area contributed by atoms with E-state index in [4.69, 9.17) is 37.1 Å². The number of phenolic OH excluding ortho intramolecular Hbond substituents is 1. The molecular formula is C20H17Cl2IN4O5S. The van der Waals surface area contributed by atoms with Crippen LogP contribution in [-0.2, 0) is 11.4 Å². The van der Waals surface area contributed by atoms with Gasteiger partial charge in [0.2, 0.25) is 0 Å². The molecule has 174 valence electrons. The third-order valence-corrected chi connectivity index (χ3v) is 5.94. The Kier molecular flexibility index (Phi) is 9.47. The summed E-state index contributed by atoms with van der Waals surface area (Å²) in [6.45, 7) is 2.25. The van der Waals surface area contributed by atoms with Gasteiger partial charge in [0, 0.05) is 5.02 Å². The number of carbonyl (C=O) groups is 1. The number of amides is 1. The standard InChI is InChI=1S/C20H17Cl2IN4O5S/c1-2-30-16-6-11(5-14(23)19(16)29)8-24-25-17(28)10-33-20-27-26-18(32-20)9-31-15-4-3-12(21)7-13(15)22/h3-8,29H,2,9-10H2,1H3,(H,25,28)/b24-8-. The van der Waals surface area contributed by atoms with E-state index in [0.29, 0.717) is 37.3 Å². The van der Waals surface area contributed by atoms with Gasteiger partial charge in [-0.3, -0.25) is 4.79 Å². The van der Waals surface area contributed by atoms with Crippen molar-refractivity contribution in [3.05, 3.63) is 55.4 Å². The van der Waals surface area contributed by atoms with Crippen molar-refractivity contribution < 1.29 is 23.8 Å². The Morgan fingerprint density at radius 1 is 1.27 bits per heavy atom. The Labute approximate surface area is 217 Å². The minimum atomic E-state index is -0.362. The lowest BCUT2D eigenvalue weighted by Crippen LogP contribution is -2.19. The monoisotopic (exact) mass is 622 g/mol. The van der Waals surface area contributed by atoms with Crippen molar-refractivity contribution in [3.63, 3.8) is 0 Å². The average molecular weight is 623 g/mol. The summed E-state index contributed by atoms with van der Waals surface area (Å²) in [6, 6.07) is 8.19. The number of nitrogens with one attached hydrogen (secondary N) is 1. The van der Waals surface area contributed by atoms with Crippen LogP contribution in [-0.4, -0.2) is 39.8 Å². The second kappa shape index (κ2) is 12.3. The predicted molar refractivity (Wildman–Crippen MR) is 134 cm³/mol. The van der Waals surface area contributed by atoms with Crippen LogP contribution >= 0.6 is 57.6 Å². The molecule has 0 bridgehead atoms. The lowest BCUT2D eigenvalue weighted by atomic mass is 10.2. The maximum absolute atomic E-state index is 12.0. The number of carbonyl (C=O) groups excluding carboxylic acids is 1. The number of thioether (sulfide) groups is 1. The average Bonchev–Trinajstić information content (AvgIpc) is 3.23. The zero-order valence-corrected chi connectivity index (χ0v) is 21.5. The first-order valence-corrected chi connectivity index (χ1v) is 12.2. The van der Waals surface area contributed by atoms with Crippen LogP contribution in [0.5, 0.6) is 17.2 Å². The Balaban J connectivity index is 1.46. The van der Waals surface area contributed by atoms with Gasteiger partial charge in [-0.05, 0) is 65.4 Å². The summed E-state index contributed by atoms with van der Waals surface area (Å²) in [4.78, 5) is 12.0. The minimum Gasteiger partial charge on any atom is -0.504 e. The highest BCUT2D eigenvalue weighted by Crippen LogP contribution is 2.32. The number of phenols is 1. The summed E-state index contributed by atoms with van der Waals surface area (Å²) < 4.78 is 17.0. The first-order chi connectivity index (χ1) is 15.9. The van der Waals surface area contributed by atoms with E-state index in [-0.39, 0.29) is 35.1 Å². The summed E-state index contributed by atoms with van der Waals surface area (Å²) in [6.07, 6.45) is 1.46. The van der Waals surface area contributed by atoms with Crippen LogP contribution in [0.3, 0.4) is 0 Å². The molecule has 0 aliphatic carbocycles. The Morgan fingerprint density at radius 3 is 2.85 bits per heavy atom. The maximum Gasteiger partial charge on any atom is 0.277 e. The summed E-state index contributed by atoms with van der Waals surface area (Å²) in [5.41, 5.74) is 3.08. The highest BCUT2D eigenvalue weighted by Gasteiger charge is 2.12. The topological polar surface area (TPSA) is 119 Å². The zero-order chi connectivity index (χ0) is 23.8. The number of hydrogen-bond acceptors (Lipinski definition) is 9. The van der Waals surface area contributed by atoms with Gasteiger partial charge in [0.15, 0.2) is 18.1 Å². The molecule has 0 saturated heterocycles. The molecule has 9 nitrogen and oxygen atoms in total. The van der Waals surface area contributed by atoms with Crippen molar-refractivity contribution in [3.8, 4) is 17.2 Å². The van der Waals surface area contributed by atoms with Gasteiger partial charge in [-0.1, -0.05) is 35.0 Å². The number of benzene rings is 2. The molecular weight excluding hydrogens is 606 g/mol. The van der Waals surface area contributed by atoms with Gasteiger partial charge in [-0.15, -0.1) is 10.2 Å². The molecule has 0 saturated carbocycles. The normalized spacial score (nSPS) is 11.0. The number of aromatic hydroxyl groups is 1. The van der Waals surface area contributed by atoms with E-state index in [0.717, 1.165) is 11.8 Å². The van der Waals surface area contributed by atoms with Crippen LogP contribution in [0.2, 0.25) is 10.0 Å². The molecule has 0 spiro atoms. The van der Waals surface area contributed by atoms with Crippen LogP contribution in [0.1, 0.15) is 18.4 Å². The smallest absolute Gasteiger partial charge is 0.277 e. The predicted octanol–water partition coefficient (Wildman–Crippen LogP) is 4.91. The molecule has 0 atom stereocenters. The zero-order valence-electron chi connectivity index (χ0n) is 17.0. The quantitative estimate of drug-likeness (QED) is 0.142. The fourth-order valence-electron chi connectivity index (χ4n) is 2.36. The molecule has 3 aromatic rings. The van der Waals surface area contributed by atoms with Gasteiger partial charge in [-0.2, -0.15) is 5.10 Å². The second-order valence-corrected chi connectivity index (χ2v) is 9.12. The van der Waals surface area contributed by atoms with Gasteiger partial charge >= 0.3 is 0 Å². The molecule has 3 rings (SSSR count). The Hall–Kier alpha value is -2.22. The van der Waals surface area contributed by atoms with Crippen LogP contribution in [0.25, 0.3) is 0 Å². The summed E-state index contributed by atoms with van der Waals surface area (Å²) in [7, 11) is 0. The Bertz CT molecular complexity index is 1160. The molecule has 0 fully saturated rings. The van der Waals surface area contributed by atoms with Crippen molar-refractivity contribution >= 4 is 69.7 Å². The van der Waals surface area contributed by atoms with E-state index in [9.17, 15) is 9.90 Å². The number of ether oxygens (including phenoxy) is 2. The van der Waals surface area contributed by atoms with Gasteiger partial charge in [0.1, 0.15) is 5.75 Å². The molecule has 1 heterocycles. The number of aromatic nitrogens is 2. The number of hydrazone groups is 1. The van der Waals surface area contributed by atoms with Gasteiger partial charge in [0.05, 0.1) is 27.2 Å². The second-order valence-electron chi connectivity index (χ2n) is 6.19. The van der Waals surface area contributed by atoms with Crippen LogP contribution in [0.4, 0.5) is 0 Å². The van der Waals surface area contributed by atoms with Crippen molar-refractivity contribution in [1.82, 2.24) is 15.6 Å².